The minimum Gasteiger partial charge on any atom is -0.463 e. The molecule has 0 spiro atoms. The van der Waals surface area contributed by atoms with E-state index < -0.39 is 37.3 Å². The Labute approximate surface area is 180 Å². The molecule has 32 heavy (non-hydrogen) atoms. The van der Waals surface area contributed by atoms with Gasteiger partial charge >= 0.3 is 0 Å². The van der Waals surface area contributed by atoms with E-state index in [4.69, 9.17) is 23.4 Å². The summed E-state index contributed by atoms with van der Waals surface area (Å²) in [6.45, 7) is -0.442. The molecule has 5 rings (SSSR count). The Morgan fingerprint density at radius 2 is 1.78 bits per heavy atom. The summed E-state index contributed by atoms with van der Waals surface area (Å²) in [5.41, 5.74) is 0.941. The van der Waals surface area contributed by atoms with Crippen molar-refractivity contribution >= 4 is 11.0 Å². The van der Waals surface area contributed by atoms with E-state index >= 15 is 0 Å². The second-order valence-corrected chi connectivity index (χ2v) is 7.52. The molecule has 0 unspecified atom stereocenters. The molecule has 2 aliphatic heterocycles. The van der Waals surface area contributed by atoms with Crippen LogP contribution in [0, 0.1) is 0 Å². The lowest BCUT2D eigenvalue weighted by Gasteiger charge is -2.39. The maximum atomic E-state index is 13.0. The van der Waals surface area contributed by atoms with Crippen LogP contribution in [0.5, 0.6) is 17.2 Å². The van der Waals surface area contributed by atoms with E-state index in [1.807, 2.05) is 0 Å². The fourth-order valence-electron chi connectivity index (χ4n) is 3.74. The van der Waals surface area contributed by atoms with Gasteiger partial charge in [-0.2, -0.15) is 0 Å². The normalized spacial score (nSPS) is 26.9. The van der Waals surface area contributed by atoms with Gasteiger partial charge in [0.2, 0.25) is 13.1 Å². The van der Waals surface area contributed by atoms with Crippen LogP contribution in [-0.4, -0.2) is 64.5 Å². The number of aliphatic hydroxyl groups excluding tert-OH is 4. The summed E-state index contributed by atoms with van der Waals surface area (Å²) in [5.74, 6) is 1.35. The van der Waals surface area contributed by atoms with E-state index in [0.717, 1.165) is 0 Å². The fraction of sp³-hybridized carbons (Fsp3) is 0.318. The minimum absolute atomic E-state index is 0.127. The molecule has 0 radical (unpaired) electrons. The highest BCUT2D eigenvalue weighted by Crippen LogP contribution is 2.35. The van der Waals surface area contributed by atoms with Crippen LogP contribution in [0.3, 0.4) is 0 Å². The molecule has 2 aromatic carbocycles. The number of fused-ring (bicyclic) bond motifs is 2. The fourth-order valence-corrected chi connectivity index (χ4v) is 3.74. The summed E-state index contributed by atoms with van der Waals surface area (Å²) >= 11 is 0. The molecule has 0 amide bonds. The molecule has 3 aromatic rings. The highest BCUT2D eigenvalue weighted by atomic mass is 16.7. The average Bonchev–Trinajstić information content (AvgIpc) is 3.27. The Morgan fingerprint density at radius 3 is 2.59 bits per heavy atom. The molecular weight excluding hydrogens is 424 g/mol. The van der Waals surface area contributed by atoms with Crippen molar-refractivity contribution in [2.24, 2.45) is 0 Å². The first-order valence-corrected chi connectivity index (χ1v) is 9.89. The third kappa shape index (κ3) is 3.48. The molecule has 5 atom stereocenters. The van der Waals surface area contributed by atoms with E-state index in [9.17, 15) is 25.2 Å². The zero-order valence-corrected chi connectivity index (χ0v) is 16.6. The predicted molar refractivity (Wildman–Crippen MR) is 108 cm³/mol. The van der Waals surface area contributed by atoms with Gasteiger partial charge in [0, 0.05) is 6.07 Å². The van der Waals surface area contributed by atoms with Gasteiger partial charge in [0.1, 0.15) is 42.0 Å². The maximum Gasteiger partial charge on any atom is 0.231 e. The van der Waals surface area contributed by atoms with E-state index in [1.54, 1.807) is 18.2 Å². The summed E-state index contributed by atoms with van der Waals surface area (Å²) in [5, 5.41) is 39.5. The summed E-state index contributed by atoms with van der Waals surface area (Å²) in [4.78, 5) is 13.0. The topological polar surface area (TPSA) is 148 Å². The van der Waals surface area contributed by atoms with Crippen LogP contribution >= 0.6 is 0 Å². The Hall–Kier alpha value is -3.15. The maximum absolute atomic E-state index is 13.0. The number of hydrogen-bond donors (Lipinski definition) is 4. The molecule has 1 aromatic heterocycles. The van der Waals surface area contributed by atoms with Gasteiger partial charge in [-0.25, -0.2) is 0 Å². The summed E-state index contributed by atoms with van der Waals surface area (Å²) in [6, 6.07) is 9.61. The number of benzene rings is 2. The van der Waals surface area contributed by atoms with E-state index in [1.165, 1.54) is 24.5 Å². The Morgan fingerprint density at radius 1 is 0.969 bits per heavy atom. The zero-order valence-electron chi connectivity index (χ0n) is 16.6. The van der Waals surface area contributed by atoms with Crippen LogP contribution in [0.25, 0.3) is 22.1 Å². The van der Waals surface area contributed by atoms with E-state index in [-0.39, 0.29) is 23.6 Å². The number of rotatable bonds is 4. The third-order valence-electron chi connectivity index (χ3n) is 5.53. The van der Waals surface area contributed by atoms with Crippen molar-refractivity contribution < 1.29 is 43.8 Å². The second kappa shape index (κ2) is 8.08. The van der Waals surface area contributed by atoms with Gasteiger partial charge in [0.25, 0.3) is 0 Å². The van der Waals surface area contributed by atoms with Crippen molar-refractivity contribution in [2.45, 2.75) is 30.7 Å². The van der Waals surface area contributed by atoms with Gasteiger partial charge in [-0.1, -0.05) is 6.07 Å². The van der Waals surface area contributed by atoms with Gasteiger partial charge in [-0.05, 0) is 29.8 Å². The number of ether oxygens (including phenoxy) is 4. The molecule has 1 saturated heterocycles. The van der Waals surface area contributed by atoms with E-state index in [2.05, 4.69) is 0 Å². The Kier molecular flexibility index (Phi) is 5.24. The standard InChI is InChI=1S/C22H20O10/c23-7-17-19(25)20(26)21(27)22(32-17)31-11-2-3-12-15(6-11)28-8-13(18(12)24)10-1-4-14-16(5-10)30-9-29-14/h1-6,8,17,19-23,25-27H,7,9H2/t17-,19-,20+,21-,22-/m1/s1. The molecule has 3 heterocycles. The van der Waals surface area contributed by atoms with Gasteiger partial charge in [0.15, 0.2) is 16.9 Å². The molecule has 2 aliphatic rings. The monoisotopic (exact) mass is 444 g/mol. The molecule has 0 bridgehead atoms. The van der Waals surface area contributed by atoms with Crippen LogP contribution in [0.1, 0.15) is 0 Å². The van der Waals surface area contributed by atoms with Crippen LogP contribution < -0.4 is 19.6 Å². The largest absolute Gasteiger partial charge is 0.463 e. The SMILES string of the molecule is O=c1c(-c2ccc3c(c2)OCO3)coc2cc(O[C@@H]3O[C@H](CO)[C@@H](O)[C@H](O)[C@H]3O)ccc12. The van der Waals surface area contributed by atoms with Crippen LogP contribution in [0.2, 0.25) is 0 Å². The van der Waals surface area contributed by atoms with Crippen molar-refractivity contribution in [3.05, 3.63) is 52.9 Å². The lowest BCUT2D eigenvalue weighted by molar-refractivity contribution is -0.277. The van der Waals surface area contributed by atoms with Crippen molar-refractivity contribution in [3.8, 4) is 28.4 Å². The van der Waals surface area contributed by atoms with Gasteiger partial charge in [0.05, 0.1) is 17.6 Å². The Bertz CT molecular complexity index is 1200. The predicted octanol–water partition coefficient (Wildman–Crippen LogP) is 0.367. The van der Waals surface area contributed by atoms with Crippen molar-refractivity contribution in [1.29, 1.82) is 0 Å². The first-order chi connectivity index (χ1) is 15.5. The lowest BCUT2D eigenvalue weighted by Crippen LogP contribution is -2.60. The molecule has 0 saturated carbocycles. The first kappa shape index (κ1) is 20.7. The van der Waals surface area contributed by atoms with Crippen LogP contribution in [0.4, 0.5) is 0 Å². The highest BCUT2D eigenvalue weighted by molar-refractivity contribution is 5.83. The molecule has 4 N–H and O–H groups in total. The molecule has 0 aliphatic carbocycles. The second-order valence-electron chi connectivity index (χ2n) is 7.52. The first-order valence-electron chi connectivity index (χ1n) is 9.89. The molecule has 10 nitrogen and oxygen atoms in total. The van der Waals surface area contributed by atoms with E-state index in [0.29, 0.717) is 28.0 Å². The zero-order chi connectivity index (χ0) is 22.4. The Balaban J connectivity index is 1.43. The minimum atomic E-state index is -1.56. The smallest absolute Gasteiger partial charge is 0.231 e. The molecule has 1 fully saturated rings. The van der Waals surface area contributed by atoms with Crippen molar-refractivity contribution in [2.75, 3.05) is 13.4 Å². The van der Waals surface area contributed by atoms with Gasteiger partial charge in [-0.3, -0.25) is 4.79 Å². The van der Waals surface area contributed by atoms with Crippen molar-refractivity contribution in [3.63, 3.8) is 0 Å². The van der Waals surface area contributed by atoms with Gasteiger partial charge in [-0.15, -0.1) is 0 Å². The quantitative estimate of drug-likeness (QED) is 0.445. The molecular formula is C22H20O10. The lowest BCUT2D eigenvalue weighted by atomic mass is 9.99. The summed E-state index contributed by atoms with van der Waals surface area (Å²) < 4.78 is 27.2. The van der Waals surface area contributed by atoms with Gasteiger partial charge < -0.3 is 43.8 Å². The van der Waals surface area contributed by atoms with Crippen LogP contribution in [-0.2, 0) is 4.74 Å². The van der Waals surface area contributed by atoms with Crippen molar-refractivity contribution in [1.82, 2.24) is 0 Å². The molecule has 10 heteroatoms. The molecule has 168 valence electrons. The summed E-state index contributed by atoms with van der Waals surface area (Å²) in [7, 11) is 0. The number of aliphatic hydroxyl groups is 4. The average molecular weight is 444 g/mol. The summed E-state index contributed by atoms with van der Waals surface area (Å²) in [6.07, 6.45) is -5.71. The number of hydrogen-bond acceptors (Lipinski definition) is 10. The third-order valence-corrected chi connectivity index (χ3v) is 5.53. The highest BCUT2D eigenvalue weighted by Gasteiger charge is 2.44. The van der Waals surface area contributed by atoms with Crippen LogP contribution in [0.15, 0.2) is 51.9 Å².